The van der Waals surface area contributed by atoms with Crippen LogP contribution in [0.4, 0.5) is 0 Å². The molecule has 19 heavy (non-hydrogen) atoms. The zero-order valence-corrected chi connectivity index (χ0v) is 12.8. The minimum atomic E-state index is -0.964. The second kappa shape index (κ2) is 12.0. The molecule has 0 fully saturated rings. The maximum absolute atomic E-state index is 9.63. The highest BCUT2D eigenvalue weighted by Gasteiger charge is 1.99. The lowest BCUT2D eigenvalue weighted by atomic mass is 10.5. The summed E-state index contributed by atoms with van der Waals surface area (Å²) in [7, 11) is 0. The van der Waals surface area contributed by atoms with Crippen molar-refractivity contribution in [2.24, 2.45) is 0 Å². The van der Waals surface area contributed by atoms with E-state index < -0.39 is 5.97 Å². The minimum absolute atomic E-state index is 0.168. The molecule has 0 saturated carbocycles. The number of aromatic nitrogens is 2. The lowest BCUT2D eigenvalue weighted by Gasteiger charge is -1.96. The average molecular weight is 288 g/mol. The fourth-order valence-corrected chi connectivity index (χ4v) is 1.63. The summed E-state index contributed by atoms with van der Waals surface area (Å²) in [6, 6.07) is 0. The van der Waals surface area contributed by atoms with Crippen molar-refractivity contribution in [1.82, 2.24) is 4.57 Å². The van der Waals surface area contributed by atoms with Crippen LogP contribution >= 0.6 is 11.8 Å². The molecule has 1 heterocycles. The number of hydrogen-bond acceptors (Lipinski definition) is 4. The lowest BCUT2D eigenvalue weighted by Crippen LogP contribution is -2.33. The van der Waals surface area contributed by atoms with Gasteiger partial charge in [-0.15, -0.1) is 0 Å². The quantitative estimate of drug-likeness (QED) is 0.511. The number of carbonyl (C=O) groups excluding carboxylic acids is 1. The van der Waals surface area contributed by atoms with E-state index >= 15 is 0 Å². The van der Waals surface area contributed by atoms with Gasteiger partial charge in [-0.05, 0) is 32.3 Å². The third-order valence-electron chi connectivity index (χ3n) is 2.32. The molecule has 0 radical (unpaired) electrons. The number of aliphatic carboxylic acids is 1. The van der Waals surface area contributed by atoms with Gasteiger partial charge in [0.2, 0.25) is 6.33 Å². The van der Waals surface area contributed by atoms with Crippen molar-refractivity contribution >= 4 is 17.7 Å². The first-order valence-corrected chi connectivity index (χ1v) is 7.84. The number of carboxylic acid groups (broad SMARTS) is 1. The number of carboxylic acids is 1. The normalized spacial score (nSPS) is 9.84. The second-order valence-corrected chi connectivity index (χ2v) is 4.78. The third kappa shape index (κ3) is 10.6. The Labute approximate surface area is 119 Å². The fraction of sp³-hybridized carbons (Fsp3) is 0.692. The van der Waals surface area contributed by atoms with E-state index in [0.29, 0.717) is 5.75 Å². The molecule has 0 amide bonds. The predicted molar refractivity (Wildman–Crippen MR) is 74.8 cm³/mol. The molecule has 1 rings (SSSR count). The van der Waals surface area contributed by atoms with Crippen LogP contribution in [0, 0.1) is 0 Å². The summed E-state index contributed by atoms with van der Waals surface area (Å²) in [5.41, 5.74) is 0. The van der Waals surface area contributed by atoms with Gasteiger partial charge in [0.05, 0.1) is 13.2 Å². The van der Waals surface area contributed by atoms with Gasteiger partial charge in [0.1, 0.15) is 18.9 Å². The van der Waals surface area contributed by atoms with E-state index in [4.69, 9.17) is 4.74 Å². The van der Waals surface area contributed by atoms with Crippen LogP contribution in [-0.4, -0.2) is 35.8 Å². The molecule has 0 aliphatic heterocycles. The minimum Gasteiger partial charge on any atom is -0.550 e. The highest BCUT2D eigenvalue weighted by molar-refractivity contribution is 7.98. The smallest absolute Gasteiger partial charge is 0.243 e. The van der Waals surface area contributed by atoms with E-state index in [0.717, 1.165) is 26.3 Å². The number of thioether (sulfide) groups is 1. The zero-order valence-electron chi connectivity index (χ0n) is 12.0. The van der Waals surface area contributed by atoms with Gasteiger partial charge < -0.3 is 14.6 Å². The largest absolute Gasteiger partial charge is 0.550 e. The summed E-state index contributed by atoms with van der Waals surface area (Å²) >= 11 is 1.51. The first-order valence-electron chi connectivity index (χ1n) is 6.45. The van der Waals surface area contributed by atoms with E-state index in [1.807, 2.05) is 13.2 Å². The molecule has 0 spiro atoms. The van der Waals surface area contributed by atoms with Crippen LogP contribution < -0.4 is 9.67 Å². The second-order valence-electron chi connectivity index (χ2n) is 3.79. The van der Waals surface area contributed by atoms with Crippen molar-refractivity contribution in [1.29, 1.82) is 0 Å². The molecule has 0 saturated heterocycles. The lowest BCUT2D eigenvalue weighted by molar-refractivity contribution is -0.698. The van der Waals surface area contributed by atoms with Gasteiger partial charge in [-0.25, -0.2) is 9.13 Å². The van der Waals surface area contributed by atoms with Crippen LogP contribution in [0.15, 0.2) is 18.7 Å². The number of carbonyl (C=O) groups is 1. The summed E-state index contributed by atoms with van der Waals surface area (Å²) in [5.74, 6) is -0.308. The highest BCUT2D eigenvalue weighted by atomic mass is 32.2. The number of hydrogen-bond donors (Lipinski definition) is 0. The van der Waals surface area contributed by atoms with Crippen LogP contribution in [0.1, 0.15) is 20.3 Å². The Morgan fingerprint density at radius 2 is 2.21 bits per heavy atom. The van der Waals surface area contributed by atoms with Gasteiger partial charge in [0.15, 0.2) is 0 Å². The number of imidazole rings is 1. The number of rotatable bonds is 8. The molecule has 0 unspecified atom stereocenters. The van der Waals surface area contributed by atoms with Crippen molar-refractivity contribution in [3.63, 3.8) is 0 Å². The summed E-state index contributed by atoms with van der Waals surface area (Å²) in [6.45, 7) is 7.72. The van der Waals surface area contributed by atoms with Gasteiger partial charge in [-0.2, -0.15) is 11.8 Å². The molecule has 5 nitrogen and oxygen atoms in total. The van der Waals surface area contributed by atoms with Gasteiger partial charge in [0, 0.05) is 12.6 Å². The predicted octanol–water partition coefficient (Wildman–Crippen LogP) is 0.321. The zero-order chi connectivity index (χ0) is 14.5. The molecule has 0 bridgehead atoms. The van der Waals surface area contributed by atoms with Gasteiger partial charge in [-0.3, -0.25) is 0 Å². The van der Waals surface area contributed by atoms with Crippen LogP contribution in [0.25, 0.3) is 0 Å². The van der Waals surface area contributed by atoms with E-state index in [1.165, 1.54) is 11.8 Å². The van der Waals surface area contributed by atoms with E-state index in [2.05, 4.69) is 34.8 Å². The van der Waals surface area contributed by atoms with Crippen LogP contribution in [-0.2, 0) is 22.6 Å². The van der Waals surface area contributed by atoms with E-state index in [1.54, 1.807) is 0 Å². The molecule has 6 heteroatoms. The molecular weight excluding hydrogens is 264 g/mol. The molecule has 0 atom stereocenters. The van der Waals surface area contributed by atoms with Crippen molar-refractivity contribution in [2.45, 2.75) is 33.4 Å². The Morgan fingerprint density at radius 3 is 2.63 bits per heavy atom. The fourth-order valence-electron chi connectivity index (χ4n) is 1.26. The van der Waals surface area contributed by atoms with Crippen molar-refractivity contribution in [2.75, 3.05) is 25.2 Å². The first-order chi connectivity index (χ1) is 9.13. The average Bonchev–Trinajstić information content (AvgIpc) is 2.85. The van der Waals surface area contributed by atoms with E-state index in [-0.39, 0.29) is 6.42 Å². The molecule has 1 aromatic rings. The standard InChI is InChI=1S/C9H17N2O.C4H8O2S/c1-3-10-5-6-11(9-10)7-8-12-4-2;1-7-3-2-4(5)6/h5-6,9H,3-4,7-8H2,1-2H3;2-3H2,1H3,(H,5,6)/q+1;/p-1. The maximum atomic E-state index is 9.63. The Hall–Kier alpha value is -1.01. The van der Waals surface area contributed by atoms with Crippen LogP contribution in [0.5, 0.6) is 0 Å². The topological polar surface area (TPSA) is 58.2 Å². The molecule has 0 aliphatic rings. The first kappa shape index (κ1) is 18.0. The van der Waals surface area contributed by atoms with Crippen molar-refractivity contribution < 1.29 is 19.2 Å². The third-order valence-corrected chi connectivity index (χ3v) is 2.93. The molecule has 0 N–H and O–H groups in total. The Kier molecular flexibility index (Phi) is 11.4. The SMILES string of the molecule is CCOCC[n+]1ccn(CC)c1.CSCCC(=O)[O-]. The number of ether oxygens (including phenoxy) is 1. The van der Waals surface area contributed by atoms with Crippen LogP contribution in [0.3, 0.4) is 0 Å². The molecular formula is C13H24N2O3S. The van der Waals surface area contributed by atoms with Crippen molar-refractivity contribution in [3.8, 4) is 0 Å². The molecule has 110 valence electrons. The summed E-state index contributed by atoms with van der Waals surface area (Å²) in [4.78, 5) is 9.63. The summed E-state index contributed by atoms with van der Waals surface area (Å²) < 4.78 is 9.53. The Balaban J connectivity index is 0.000000399. The van der Waals surface area contributed by atoms with E-state index in [9.17, 15) is 9.90 Å². The number of nitrogens with zero attached hydrogens (tertiary/aromatic N) is 2. The van der Waals surface area contributed by atoms with Crippen LogP contribution in [0.2, 0.25) is 0 Å². The Bertz CT molecular complexity index is 342. The maximum Gasteiger partial charge on any atom is 0.243 e. The summed E-state index contributed by atoms with van der Waals surface area (Å²) in [6.07, 6.45) is 8.28. The van der Waals surface area contributed by atoms with Crippen molar-refractivity contribution in [3.05, 3.63) is 18.7 Å². The van der Waals surface area contributed by atoms with Gasteiger partial charge in [0.25, 0.3) is 0 Å². The highest BCUT2D eigenvalue weighted by Crippen LogP contribution is 1.92. The number of aryl methyl sites for hydroxylation is 1. The summed E-state index contributed by atoms with van der Waals surface area (Å²) in [5, 5.41) is 9.63. The van der Waals surface area contributed by atoms with Gasteiger partial charge in [-0.1, -0.05) is 0 Å². The molecule has 0 aliphatic carbocycles. The monoisotopic (exact) mass is 288 g/mol. The van der Waals surface area contributed by atoms with Gasteiger partial charge >= 0.3 is 0 Å². The molecule has 0 aromatic carbocycles. The molecule has 1 aromatic heterocycles. The Morgan fingerprint density at radius 1 is 1.47 bits per heavy atom.